The lowest BCUT2D eigenvalue weighted by Crippen LogP contribution is -2.14. The van der Waals surface area contributed by atoms with Crippen LogP contribution in [0.4, 0.5) is 5.69 Å². The van der Waals surface area contributed by atoms with E-state index >= 15 is 0 Å². The Labute approximate surface area is 165 Å². The molecule has 27 heavy (non-hydrogen) atoms. The number of rotatable bonds is 8. The van der Waals surface area contributed by atoms with Gasteiger partial charge in [0.05, 0.1) is 25.0 Å². The molecule has 1 amide bonds. The van der Waals surface area contributed by atoms with Crippen LogP contribution >= 0.6 is 23.1 Å². The van der Waals surface area contributed by atoms with Crippen molar-refractivity contribution < 1.29 is 14.3 Å². The van der Waals surface area contributed by atoms with Crippen LogP contribution in [-0.2, 0) is 11.2 Å². The second kappa shape index (κ2) is 9.34. The van der Waals surface area contributed by atoms with E-state index in [1.165, 1.54) is 23.1 Å². The molecule has 1 N–H and O–H groups in total. The van der Waals surface area contributed by atoms with Crippen LogP contribution in [0.3, 0.4) is 0 Å². The van der Waals surface area contributed by atoms with Crippen molar-refractivity contribution in [2.24, 2.45) is 0 Å². The average Bonchev–Trinajstić information content (AvgIpc) is 3.14. The van der Waals surface area contributed by atoms with Gasteiger partial charge in [0.1, 0.15) is 5.75 Å². The standard InChI is InChI=1S/C20H18N2O3S2/c1-25-17-9-7-15(8-10-17)21-19(24)11-16-12-26-20(22-16)27-13-18(23)14-5-3-2-4-6-14/h2-10,12H,11,13H2,1H3,(H,21,24). The van der Waals surface area contributed by atoms with Gasteiger partial charge in [0.25, 0.3) is 0 Å². The Kier molecular flexibility index (Phi) is 6.62. The third-order valence-corrected chi connectivity index (χ3v) is 5.74. The lowest BCUT2D eigenvalue weighted by molar-refractivity contribution is -0.115. The van der Waals surface area contributed by atoms with E-state index in [-0.39, 0.29) is 18.1 Å². The molecule has 2 aromatic carbocycles. The highest BCUT2D eigenvalue weighted by molar-refractivity contribution is 8.01. The zero-order valence-corrected chi connectivity index (χ0v) is 16.3. The van der Waals surface area contributed by atoms with E-state index in [1.807, 2.05) is 23.6 Å². The molecule has 3 aromatic rings. The summed E-state index contributed by atoms with van der Waals surface area (Å²) >= 11 is 2.83. The predicted molar refractivity (Wildman–Crippen MR) is 109 cm³/mol. The number of carbonyl (C=O) groups is 2. The molecule has 0 spiro atoms. The molecule has 0 radical (unpaired) electrons. The molecule has 1 aromatic heterocycles. The Morgan fingerprint density at radius 2 is 1.85 bits per heavy atom. The molecule has 138 valence electrons. The lowest BCUT2D eigenvalue weighted by Gasteiger charge is -2.05. The van der Waals surface area contributed by atoms with Gasteiger partial charge in [-0.15, -0.1) is 11.3 Å². The van der Waals surface area contributed by atoms with E-state index in [1.54, 1.807) is 43.5 Å². The maximum Gasteiger partial charge on any atom is 0.230 e. The molecule has 0 aliphatic carbocycles. The highest BCUT2D eigenvalue weighted by Gasteiger charge is 2.11. The van der Waals surface area contributed by atoms with Crippen molar-refractivity contribution in [3.8, 4) is 5.75 Å². The molecule has 7 heteroatoms. The van der Waals surface area contributed by atoms with Crippen molar-refractivity contribution in [3.63, 3.8) is 0 Å². The summed E-state index contributed by atoms with van der Waals surface area (Å²) in [5, 5.41) is 4.68. The first-order valence-corrected chi connectivity index (χ1v) is 10.1. The van der Waals surface area contributed by atoms with E-state index in [4.69, 9.17) is 4.74 Å². The van der Waals surface area contributed by atoms with Crippen LogP contribution in [0.5, 0.6) is 5.75 Å². The topological polar surface area (TPSA) is 68.3 Å². The van der Waals surface area contributed by atoms with Crippen LogP contribution in [-0.4, -0.2) is 29.5 Å². The molecule has 0 aliphatic heterocycles. The Balaban J connectivity index is 1.49. The van der Waals surface area contributed by atoms with Crippen molar-refractivity contribution in [1.82, 2.24) is 4.98 Å². The normalized spacial score (nSPS) is 10.4. The van der Waals surface area contributed by atoms with Gasteiger partial charge < -0.3 is 10.1 Å². The Morgan fingerprint density at radius 3 is 2.56 bits per heavy atom. The number of hydrogen-bond acceptors (Lipinski definition) is 6. The largest absolute Gasteiger partial charge is 0.497 e. The molecule has 0 aliphatic rings. The lowest BCUT2D eigenvalue weighted by atomic mass is 10.2. The van der Waals surface area contributed by atoms with E-state index in [0.29, 0.717) is 22.7 Å². The fourth-order valence-corrected chi connectivity index (χ4v) is 4.05. The number of anilines is 1. The molecule has 3 rings (SSSR count). The average molecular weight is 399 g/mol. The first-order chi connectivity index (χ1) is 13.1. The molecule has 0 bridgehead atoms. The maximum absolute atomic E-state index is 12.2. The third kappa shape index (κ3) is 5.67. The number of nitrogens with one attached hydrogen (secondary N) is 1. The molecule has 0 saturated heterocycles. The number of nitrogens with zero attached hydrogens (tertiary/aromatic N) is 1. The number of thioether (sulfide) groups is 1. The number of benzene rings is 2. The molecular weight excluding hydrogens is 380 g/mol. The maximum atomic E-state index is 12.2. The number of thiazole rings is 1. The zero-order valence-electron chi connectivity index (χ0n) is 14.7. The highest BCUT2D eigenvalue weighted by Crippen LogP contribution is 2.24. The number of amides is 1. The minimum Gasteiger partial charge on any atom is -0.497 e. The van der Waals surface area contributed by atoms with Crippen molar-refractivity contribution >= 4 is 40.5 Å². The van der Waals surface area contributed by atoms with Crippen LogP contribution < -0.4 is 10.1 Å². The van der Waals surface area contributed by atoms with Crippen molar-refractivity contribution in [1.29, 1.82) is 0 Å². The summed E-state index contributed by atoms with van der Waals surface area (Å²) in [7, 11) is 1.60. The van der Waals surface area contributed by atoms with Crippen molar-refractivity contribution in [3.05, 3.63) is 71.2 Å². The van der Waals surface area contributed by atoms with Crippen LogP contribution in [0.15, 0.2) is 64.3 Å². The van der Waals surface area contributed by atoms with E-state index in [0.717, 1.165) is 10.1 Å². The summed E-state index contributed by atoms with van der Waals surface area (Å²) in [5.74, 6) is 0.992. The number of methoxy groups -OCH3 is 1. The first-order valence-electron chi connectivity index (χ1n) is 8.23. The number of aromatic nitrogens is 1. The van der Waals surface area contributed by atoms with Gasteiger partial charge in [0.2, 0.25) is 5.91 Å². The summed E-state index contributed by atoms with van der Waals surface area (Å²) in [6.45, 7) is 0. The van der Waals surface area contributed by atoms with Gasteiger partial charge in [0.15, 0.2) is 10.1 Å². The zero-order chi connectivity index (χ0) is 19.1. The van der Waals surface area contributed by atoms with E-state index < -0.39 is 0 Å². The Bertz CT molecular complexity index is 908. The summed E-state index contributed by atoms with van der Waals surface area (Å²) < 4.78 is 5.88. The third-order valence-electron chi connectivity index (χ3n) is 3.67. The molecule has 0 atom stereocenters. The van der Waals surface area contributed by atoms with E-state index in [9.17, 15) is 9.59 Å². The van der Waals surface area contributed by atoms with Crippen molar-refractivity contribution in [2.75, 3.05) is 18.2 Å². The van der Waals surface area contributed by atoms with Crippen LogP contribution in [0.25, 0.3) is 0 Å². The fraction of sp³-hybridized carbons (Fsp3) is 0.150. The predicted octanol–water partition coefficient (Wildman–Crippen LogP) is 4.31. The number of Topliss-reactive ketones (excluding diaryl/α,β-unsaturated/α-hetero) is 1. The van der Waals surface area contributed by atoms with Gasteiger partial charge >= 0.3 is 0 Å². The monoisotopic (exact) mass is 398 g/mol. The second-order valence-electron chi connectivity index (χ2n) is 5.64. The minimum atomic E-state index is -0.137. The minimum absolute atomic E-state index is 0.0644. The van der Waals surface area contributed by atoms with E-state index in [2.05, 4.69) is 10.3 Å². The van der Waals surface area contributed by atoms with Crippen LogP contribution in [0.2, 0.25) is 0 Å². The summed E-state index contributed by atoms with van der Waals surface area (Å²) in [6.07, 6.45) is 0.190. The highest BCUT2D eigenvalue weighted by atomic mass is 32.2. The van der Waals surface area contributed by atoms with Gasteiger partial charge in [-0.2, -0.15) is 0 Å². The Hall–Kier alpha value is -2.64. The molecule has 0 unspecified atom stereocenters. The van der Waals surface area contributed by atoms with Gasteiger partial charge in [0, 0.05) is 16.6 Å². The molecule has 5 nitrogen and oxygen atoms in total. The SMILES string of the molecule is COc1ccc(NC(=O)Cc2csc(SCC(=O)c3ccccc3)n2)cc1. The second-order valence-corrected chi connectivity index (χ2v) is 7.72. The number of hydrogen-bond donors (Lipinski definition) is 1. The molecule has 1 heterocycles. The smallest absolute Gasteiger partial charge is 0.230 e. The Morgan fingerprint density at radius 1 is 1.11 bits per heavy atom. The fourth-order valence-electron chi connectivity index (χ4n) is 2.31. The quantitative estimate of drug-likeness (QED) is 0.452. The van der Waals surface area contributed by atoms with Crippen molar-refractivity contribution in [2.45, 2.75) is 10.8 Å². The van der Waals surface area contributed by atoms with Gasteiger partial charge in [-0.25, -0.2) is 4.98 Å². The van der Waals surface area contributed by atoms with Gasteiger partial charge in [-0.05, 0) is 24.3 Å². The summed E-state index contributed by atoms with van der Waals surface area (Å²) in [5.41, 5.74) is 2.10. The summed E-state index contributed by atoms with van der Waals surface area (Å²) in [4.78, 5) is 28.7. The number of carbonyl (C=O) groups excluding carboxylic acids is 2. The number of ether oxygens (including phenoxy) is 1. The molecule has 0 fully saturated rings. The van der Waals surface area contributed by atoms with Gasteiger partial charge in [-0.3, -0.25) is 9.59 Å². The van der Waals surface area contributed by atoms with Crippen LogP contribution in [0, 0.1) is 0 Å². The first kappa shape index (κ1) is 19.1. The number of ketones is 1. The molecular formula is C20H18N2O3S2. The molecule has 0 saturated carbocycles. The summed E-state index contributed by atoms with van der Waals surface area (Å²) in [6, 6.07) is 16.3. The van der Waals surface area contributed by atoms with Gasteiger partial charge in [-0.1, -0.05) is 42.1 Å². The van der Waals surface area contributed by atoms with Crippen LogP contribution in [0.1, 0.15) is 16.1 Å².